The fourth-order valence-corrected chi connectivity index (χ4v) is 2.50. The van der Waals surface area contributed by atoms with E-state index in [0.29, 0.717) is 12.3 Å². The highest BCUT2D eigenvalue weighted by Gasteiger charge is 2.24. The lowest BCUT2D eigenvalue weighted by Crippen LogP contribution is -2.20. The van der Waals surface area contributed by atoms with Crippen LogP contribution in [0.1, 0.15) is 35.0 Å². The minimum absolute atomic E-state index is 0.192. The van der Waals surface area contributed by atoms with E-state index in [1.807, 2.05) is 37.3 Å². The normalized spacial score (nSPS) is 18.2. The molecule has 1 atom stereocenters. The molecule has 0 radical (unpaired) electrons. The summed E-state index contributed by atoms with van der Waals surface area (Å²) in [5.74, 6) is 0.566. The highest BCUT2D eigenvalue weighted by molar-refractivity contribution is 5.98. The predicted molar refractivity (Wildman–Crippen MR) is 74.0 cm³/mol. The maximum absolute atomic E-state index is 12.1. The number of carbonyl (C=O) groups excluding carboxylic acids is 1. The van der Waals surface area contributed by atoms with Crippen molar-refractivity contribution in [3.63, 3.8) is 0 Å². The van der Waals surface area contributed by atoms with E-state index in [-0.39, 0.29) is 5.78 Å². The average Bonchev–Trinajstić information content (AvgIpc) is 2.39. The standard InChI is InChI=1S/C16H16N2O/c1-10-3-5-12(6-4-10)14-9-13-15(18-17-14)7-11(2)8-16(13)19/h3-6,9,11H,7-8H2,1-2H3. The van der Waals surface area contributed by atoms with Gasteiger partial charge in [-0.3, -0.25) is 4.79 Å². The Morgan fingerprint density at radius 1 is 1.11 bits per heavy atom. The topological polar surface area (TPSA) is 42.9 Å². The zero-order valence-corrected chi connectivity index (χ0v) is 11.2. The summed E-state index contributed by atoms with van der Waals surface area (Å²) < 4.78 is 0. The third kappa shape index (κ3) is 2.28. The second-order valence-corrected chi connectivity index (χ2v) is 5.39. The lowest BCUT2D eigenvalue weighted by Gasteiger charge is -2.19. The molecule has 0 spiro atoms. The van der Waals surface area contributed by atoms with Gasteiger partial charge in [0.25, 0.3) is 0 Å². The largest absolute Gasteiger partial charge is 0.294 e. The van der Waals surface area contributed by atoms with Crippen LogP contribution in [0.15, 0.2) is 30.3 Å². The van der Waals surface area contributed by atoms with Crippen LogP contribution in [0.25, 0.3) is 11.3 Å². The van der Waals surface area contributed by atoms with E-state index >= 15 is 0 Å². The van der Waals surface area contributed by atoms with Crippen molar-refractivity contribution in [3.8, 4) is 11.3 Å². The van der Waals surface area contributed by atoms with Crippen LogP contribution >= 0.6 is 0 Å². The molecule has 1 aromatic heterocycles. The first-order valence-corrected chi connectivity index (χ1v) is 6.60. The molecule has 1 aliphatic carbocycles. The Balaban J connectivity index is 2.04. The molecule has 0 saturated heterocycles. The lowest BCUT2D eigenvalue weighted by molar-refractivity contribution is 0.0951. The fourth-order valence-electron chi connectivity index (χ4n) is 2.50. The Bertz CT molecular complexity index is 632. The molecule has 2 aromatic rings. The molecular formula is C16H16N2O. The van der Waals surface area contributed by atoms with Crippen molar-refractivity contribution in [2.45, 2.75) is 26.7 Å². The summed E-state index contributed by atoms with van der Waals surface area (Å²) in [6.45, 7) is 4.13. The molecule has 0 aliphatic heterocycles. The molecule has 3 rings (SSSR count). The number of fused-ring (bicyclic) bond motifs is 1. The summed E-state index contributed by atoms with van der Waals surface area (Å²) in [4.78, 5) is 12.1. The van der Waals surface area contributed by atoms with Crippen molar-refractivity contribution < 1.29 is 4.79 Å². The van der Waals surface area contributed by atoms with Gasteiger partial charge in [-0.15, -0.1) is 0 Å². The van der Waals surface area contributed by atoms with Gasteiger partial charge >= 0.3 is 0 Å². The number of aromatic nitrogens is 2. The molecule has 19 heavy (non-hydrogen) atoms. The number of nitrogens with zero attached hydrogens (tertiary/aromatic N) is 2. The van der Waals surface area contributed by atoms with Crippen LogP contribution < -0.4 is 0 Å². The minimum Gasteiger partial charge on any atom is -0.294 e. The SMILES string of the molecule is Cc1ccc(-c2cc3c(nn2)CC(C)CC3=O)cc1. The fraction of sp³-hybridized carbons (Fsp3) is 0.312. The maximum Gasteiger partial charge on any atom is 0.165 e. The molecule has 0 fully saturated rings. The quantitative estimate of drug-likeness (QED) is 0.782. The minimum atomic E-state index is 0.192. The van der Waals surface area contributed by atoms with Crippen molar-refractivity contribution in [3.05, 3.63) is 47.2 Å². The first kappa shape index (κ1) is 12.0. The van der Waals surface area contributed by atoms with Crippen LogP contribution in [0.3, 0.4) is 0 Å². The summed E-state index contributed by atoms with van der Waals surface area (Å²) in [5.41, 5.74) is 4.59. The van der Waals surface area contributed by atoms with Gasteiger partial charge in [0.2, 0.25) is 0 Å². The Kier molecular flexibility index (Phi) is 2.90. The van der Waals surface area contributed by atoms with Gasteiger partial charge in [-0.05, 0) is 25.3 Å². The zero-order chi connectivity index (χ0) is 13.4. The number of hydrogen-bond donors (Lipinski definition) is 0. The Morgan fingerprint density at radius 3 is 2.58 bits per heavy atom. The monoisotopic (exact) mass is 252 g/mol. The van der Waals surface area contributed by atoms with Gasteiger partial charge in [-0.2, -0.15) is 10.2 Å². The summed E-state index contributed by atoms with van der Waals surface area (Å²) in [6, 6.07) is 10.0. The van der Waals surface area contributed by atoms with Gasteiger partial charge in [-0.25, -0.2) is 0 Å². The van der Waals surface area contributed by atoms with Crippen LogP contribution in [0.5, 0.6) is 0 Å². The molecule has 0 N–H and O–H groups in total. The second kappa shape index (κ2) is 4.57. The van der Waals surface area contributed by atoms with Gasteiger partial charge < -0.3 is 0 Å². The zero-order valence-electron chi connectivity index (χ0n) is 11.2. The number of Topliss-reactive ketones (excluding diaryl/α,β-unsaturated/α-hetero) is 1. The molecule has 1 heterocycles. The second-order valence-electron chi connectivity index (χ2n) is 5.39. The lowest BCUT2D eigenvalue weighted by atomic mass is 9.87. The number of aryl methyl sites for hydroxylation is 1. The Hall–Kier alpha value is -2.03. The summed E-state index contributed by atoms with van der Waals surface area (Å²) in [6.07, 6.45) is 1.47. The van der Waals surface area contributed by atoms with E-state index in [1.165, 1.54) is 5.56 Å². The molecule has 0 amide bonds. The summed E-state index contributed by atoms with van der Waals surface area (Å²) in [7, 11) is 0. The van der Waals surface area contributed by atoms with E-state index in [0.717, 1.165) is 28.9 Å². The van der Waals surface area contributed by atoms with E-state index in [2.05, 4.69) is 17.1 Å². The van der Waals surface area contributed by atoms with Gasteiger partial charge in [0, 0.05) is 17.5 Å². The van der Waals surface area contributed by atoms with Crippen LogP contribution in [0.4, 0.5) is 0 Å². The maximum atomic E-state index is 12.1. The highest BCUT2D eigenvalue weighted by Crippen LogP contribution is 2.26. The summed E-state index contributed by atoms with van der Waals surface area (Å²) in [5, 5.41) is 8.51. The number of hydrogen-bond acceptors (Lipinski definition) is 3. The Morgan fingerprint density at radius 2 is 1.84 bits per heavy atom. The number of benzene rings is 1. The van der Waals surface area contributed by atoms with E-state index < -0.39 is 0 Å². The summed E-state index contributed by atoms with van der Waals surface area (Å²) >= 11 is 0. The van der Waals surface area contributed by atoms with Crippen LogP contribution in [0, 0.1) is 12.8 Å². The number of ketones is 1. The van der Waals surface area contributed by atoms with Gasteiger partial charge in [0.15, 0.2) is 5.78 Å². The average molecular weight is 252 g/mol. The molecule has 0 saturated carbocycles. The molecule has 3 nitrogen and oxygen atoms in total. The molecule has 1 unspecified atom stereocenters. The highest BCUT2D eigenvalue weighted by atomic mass is 16.1. The van der Waals surface area contributed by atoms with Crippen molar-refractivity contribution in [1.82, 2.24) is 10.2 Å². The molecular weight excluding hydrogens is 236 g/mol. The van der Waals surface area contributed by atoms with Gasteiger partial charge in [0.1, 0.15) is 0 Å². The third-order valence-corrected chi connectivity index (χ3v) is 3.59. The molecule has 3 heteroatoms. The third-order valence-electron chi connectivity index (χ3n) is 3.59. The van der Waals surface area contributed by atoms with E-state index in [4.69, 9.17) is 0 Å². The number of rotatable bonds is 1. The smallest absolute Gasteiger partial charge is 0.165 e. The van der Waals surface area contributed by atoms with Crippen molar-refractivity contribution in [2.24, 2.45) is 5.92 Å². The molecule has 1 aliphatic rings. The Labute approximate surface area is 112 Å². The van der Waals surface area contributed by atoms with E-state index in [9.17, 15) is 4.79 Å². The van der Waals surface area contributed by atoms with Crippen molar-refractivity contribution in [1.29, 1.82) is 0 Å². The number of carbonyl (C=O) groups is 1. The predicted octanol–water partition coefficient (Wildman–Crippen LogP) is 3.22. The van der Waals surface area contributed by atoms with Crippen LogP contribution in [-0.4, -0.2) is 16.0 Å². The first-order valence-electron chi connectivity index (χ1n) is 6.60. The van der Waals surface area contributed by atoms with Gasteiger partial charge in [-0.1, -0.05) is 36.8 Å². The van der Waals surface area contributed by atoms with Crippen LogP contribution in [0.2, 0.25) is 0 Å². The molecule has 96 valence electrons. The van der Waals surface area contributed by atoms with Crippen molar-refractivity contribution in [2.75, 3.05) is 0 Å². The first-order chi connectivity index (χ1) is 9.13. The van der Waals surface area contributed by atoms with E-state index in [1.54, 1.807) is 0 Å². The molecule has 0 bridgehead atoms. The van der Waals surface area contributed by atoms with Crippen molar-refractivity contribution >= 4 is 5.78 Å². The van der Waals surface area contributed by atoms with Crippen LogP contribution in [-0.2, 0) is 6.42 Å². The molecule has 1 aromatic carbocycles. The van der Waals surface area contributed by atoms with Gasteiger partial charge in [0.05, 0.1) is 11.4 Å².